The molecule has 1 saturated heterocycles. The highest BCUT2D eigenvalue weighted by atomic mass is 16.5. The third-order valence-corrected chi connectivity index (χ3v) is 7.60. The molecule has 4 heteroatoms. The number of amides is 1. The second kappa shape index (κ2) is 10.7. The van der Waals surface area contributed by atoms with Gasteiger partial charge in [0.1, 0.15) is 11.4 Å². The Morgan fingerprint density at radius 1 is 0.968 bits per heavy atom. The van der Waals surface area contributed by atoms with Crippen LogP contribution < -0.4 is 5.73 Å². The van der Waals surface area contributed by atoms with Gasteiger partial charge in [-0.05, 0) is 18.4 Å². The average molecular weight is 428 g/mol. The molecule has 1 aliphatic carbocycles. The van der Waals surface area contributed by atoms with Crippen molar-refractivity contribution in [1.29, 1.82) is 0 Å². The van der Waals surface area contributed by atoms with Crippen LogP contribution in [0.3, 0.4) is 0 Å². The monoisotopic (exact) mass is 427 g/mol. The molecule has 2 unspecified atom stereocenters. The van der Waals surface area contributed by atoms with Gasteiger partial charge in [0.15, 0.2) is 0 Å². The van der Waals surface area contributed by atoms with E-state index in [1.165, 1.54) is 64.2 Å². The van der Waals surface area contributed by atoms with Crippen molar-refractivity contribution in [3.8, 4) is 0 Å². The quantitative estimate of drug-likeness (QED) is 0.341. The number of hydrogen-bond donors (Lipinski definition) is 2. The molecule has 1 fully saturated rings. The fourth-order valence-electron chi connectivity index (χ4n) is 5.70. The number of unbranched alkanes of at least 4 members (excludes halogenated alkanes) is 8. The van der Waals surface area contributed by atoms with Crippen LogP contribution in [0, 0.1) is 5.41 Å². The first-order chi connectivity index (χ1) is 15.0. The number of benzene rings is 1. The van der Waals surface area contributed by atoms with E-state index in [0.29, 0.717) is 17.6 Å². The van der Waals surface area contributed by atoms with Crippen LogP contribution >= 0.6 is 0 Å². The Morgan fingerprint density at radius 2 is 1.55 bits per heavy atom. The smallest absolute Gasteiger partial charge is 0.248 e. The summed E-state index contributed by atoms with van der Waals surface area (Å²) in [5.74, 6) is -0.509. The first kappa shape index (κ1) is 23.8. The molecule has 3 N–H and O–H groups in total. The van der Waals surface area contributed by atoms with Gasteiger partial charge >= 0.3 is 0 Å². The van der Waals surface area contributed by atoms with Gasteiger partial charge in [-0.25, -0.2) is 0 Å². The minimum absolute atomic E-state index is 0.00298. The SMILES string of the molecule is CCCCCCCCC1(CCCCCC)COC12CC(C(N)=O)=C(O)c1ccccc12. The molecule has 0 saturated carbocycles. The van der Waals surface area contributed by atoms with Crippen molar-refractivity contribution >= 4 is 11.7 Å². The van der Waals surface area contributed by atoms with Crippen molar-refractivity contribution in [1.82, 2.24) is 0 Å². The van der Waals surface area contributed by atoms with Crippen molar-refractivity contribution in [2.75, 3.05) is 6.61 Å². The molecular weight excluding hydrogens is 386 g/mol. The Balaban J connectivity index is 1.87. The maximum absolute atomic E-state index is 12.2. The Bertz CT molecular complexity index is 786. The lowest BCUT2D eigenvalue weighted by Crippen LogP contribution is -2.62. The second-order valence-electron chi connectivity index (χ2n) is 9.64. The number of hydrogen-bond acceptors (Lipinski definition) is 3. The molecule has 3 rings (SSSR count). The van der Waals surface area contributed by atoms with Gasteiger partial charge in [0, 0.05) is 17.4 Å². The summed E-state index contributed by atoms with van der Waals surface area (Å²) in [6.45, 7) is 5.22. The Labute approximate surface area is 188 Å². The molecule has 1 amide bonds. The number of nitrogens with two attached hydrogens (primary N) is 1. The van der Waals surface area contributed by atoms with Gasteiger partial charge in [0.05, 0.1) is 12.2 Å². The minimum Gasteiger partial charge on any atom is -0.507 e. The molecule has 2 aliphatic rings. The summed E-state index contributed by atoms with van der Waals surface area (Å²) in [4.78, 5) is 12.2. The van der Waals surface area contributed by atoms with Crippen LogP contribution in [0.15, 0.2) is 29.8 Å². The largest absolute Gasteiger partial charge is 0.507 e. The van der Waals surface area contributed by atoms with Gasteiger partial charge in [-0.15, -0.1) is 0 Å². The van der Waals surface area contributed by atoms with Crippen LogP contribution in [0.2, 0.25) is 0 Å². The minimum atomic E-state index is -0.546. The van der Waals surface area contributed by atoms with Gasteiger partial charge in [0.25, 0.3) is 0 Å². The number of ether oxygens (including phenoxy) is 1. The molecule has 4 nitrogen and oxygen atoms in total. The van der Waals surface area contributed by atoms with Crippen LogP contribution in [0.1, 0.15) is 108 Å². The number of aliphatic hydroxyl groups excluding tert-OH is 1. The number of carbonyl (C=O) groups is 1. The molecular formula is C27H41NO3. The molecule has 0 aromatic heterocycles. The highest BCUT2D eigenvalue weighted by Gasteiger charge is 2.63. The average Bonchev–Trinajstić information content (AvgIpc) is 2.77. The predicted molar refractivity (Wildman–Crippen MR) is 127 cm³/mol. The lowest BCUT2D eigenvalue weighted by atomic mass is 9.55. The lowest BCUT2D eigenvalue weighted by Gasteiger charge is -2.61. The maximum atomic E-state index is 12.2. The fraction of sp³-hybridized carbons (Fsp3) is 0.667. The summed E-state index contributed by atoms with van der Waals surface area (Å²) in [5, 5.41) is 10.8. The third-order valence-electron chi connectivity index (χ3n) is 7.60. The summed E-state index contributed by atoms with van der Waals surface area (Å²) in [5.41, 5.74) is 7.22. The molecule has 31 heavy (non-hydrogen) atoms. The molecule has 1 aromatic carbocycles. The van der Waals surface area contributed by atoms with Crippen LogP contribution in [0.5, 0.6) is 0 Å². The highest BCUT2D eigenvalue weighted by molar-refractivity contribution is 6.00. The van der Waals surface area contributed by atoms with Gasteiger partial charge in [-0.2, -0.15) is 0 Å². The van der Waals surface area contributed by atoms with E-state index in [1.54, 1.807) is 0 Å². The standard InChI is InChI=1S/C27H41NO3/c1-3-5-7-9-10-14-18-26(17-13-8-6-4-2)20-31-27(26)19-22(25(28)30)24(29)21-15-11-12-16-23(21)27/h11-12,15-16,29H,3-10,13-14,17-20H2,1-2H3,(H2,28,30). The van der Waals surface area contributed by atoms with Crippen molar-refractivity contribution < 1.29 is 14.6 Å². The van der Waals surface area contributed by atoms with E-state index in [9.17, 15) is 9.90 Å². The second-order valence-corrected chi connectivity index (χ2v) is 9.64. The third kappa shape index (κ3) is 4.69. The zero-order valence-corrected chi connectivity index (χ0v) is 19.5. The van der Waals surface area contributed by atoms with E-state index < -0.39 is 11.5 Å². The molecule has 172 valence electrons. The van der Waals surface area contributed by atoms with E-state index in [-0.39, 0.29) is 11.2 Å². The number of aliphatic hydroxyl groups is 1. The van der Waals surface area contributed by atoms with E-state index in [1.807, 2.05) is 18.2 Å². The van der Waals surface area contributed by atoms with Crippen LogP contribution in [-0.4, -0.2) is 17.6 Å². The van der Waals surface area contributed by atoms with Crippen LogP contribution in [0.4, 0.5) is 0 Å². The molecule has 1 heterocycles. The number of carbonyl (C=O) groups excluding carboxylic acids is 1. The van der Waals surface area contributed by atoms with E-state index in [4.69, 9.17) is 10.5 Å². The number of primary amides is 1. The zero-order valence-electron chi connectivity index (χ0n) is 19.5. The normalized spacial score (nSPS) is 24.8. The summed E-state index contributed by atoms with van der Waals surface area (Å²) in [6, 6.07) is 7.88. The molecule has 1 aromatic rings. The lowest BCUT2D eigenvalue weighted by molar-refractivity contribution is -0.284. The zero-order chi connectivity index (χ0) is 22.3. The first-order valence-electron chi connectivity index (χ1n) is 12.5. The number of rotatable bonds is 13. The molecule has 1 aliphatic heterocycles. The van der Waals surface area contributed by atoms with E-state index >= 15 is 0 Å². The van der Waals surface area contributed by atoms with E-state index in [0.717, 1.165) is 25.0 Å². The molecule has 1 spiro atoms. The Morgan fingerprint density at radius 3 is 2.13 bits per heavy atom. The summed E-state index contributed by atoms with van der Waals surface area (Å²) in [6.07, 6.45) is 15.1. The van der Waals surface area contributed by atoms with Crippen molar-refractivity contribution in [3.05, 3.63) is 41.0 Å². The summed E-state index contributed by atoms with van der Waals surface area (Å²) >= 11 is 0. The predicted octanol–water partition coefficient (Wildman–Crippen LogP) is 6.78. The molecule has 0 bridgehead atoms. The van der Waals surface area contributed by atoms with E-state index in [2.05, 4.69) is 19.9 Å². The van der Waals surface area contributed by atoms with Gasteiger partial charge in [-0.1, -0.05) is 102 Å². The molecule has 2 atom stereocenters. The maximum Gasteiger partial charge on any atom is 0.248 e. The van der Waals surface area contributed by atoms with Gasteiger partial charge in [0.2, 0.25) is 5.91 Å². The summed E-state index contributed by atoms with van der Waals surface area (Å²) < 4.78 is 6.43. The molecule has 0 radical (unpaired) electrons. The Kier molecular flexibility index (Phi) is 8.21. The highest BCUT2D eigenvalue weighted by Crippen LogP contribution is 2.63. The number of fused-ring (bicyclic) bond motifs is 2. The first-order valence-corrected chi connectivity index (χ1v) is 12.5. The van der Waals surface area contributed by atoms with Gasteiger partial charge in [-0.3, -0.25) is 4.79 Å². The fourth-order valence-corrected chi connectivity index (χ4v) is 5.70. The van der Waals surface area contributed by atoms with Crippen molar-refractivity contribution in [3.63, 3.8) is 0 Å². The van der Waals surface area contributed by atoms with Crippen molar-refractivity contribution in [2.45, 2.75) is 103 Å². The van der Waals surface area contributed by atoms with Crippen LogP contribution in [-0.2, 0) is 15.1 Å². The van der Waals surface area contributed by atoms with Crippen LogP contribution in [0.25, 0.3) is 5.76 Å². The Hall–Kier alpha value is -1.81. The topological polar surface area (TPSA) is 72.5 Å². The summed E-state index contributed by atoms with van der Waals surface area (Å²) in [7, 11) is 0. The van der Waals surface area contributed by atoms with Crippen molar-refractivity contribution in [2.24, 2.45) is 11.1 Å². The van der Waals surface area contributed by atoms with Gasteiger partial charge < -0.3 is 15.6 Å².